The SMILES string of the molecule is C#CCCNc1ncncc1I. The van der Waals surface area contributed by atoms with Crippen molar-refractivity contribution in [3.63, 3.8) is 0 Å². The molecule has 0 aliphatic carbocycles. The summed E-state index contributed by atoms with van der Waals surface area (Å²) >= 11 is 2.17. The Hall–Kier alpha value is -0.830. The fraction of sp³-hybridized carbons (Fsp3) is 0.250. The second-order valence-corrected chi connectivity index (χ2v) is 3.26. The molecule has 1 aromatic rings. The molecule has 0 spiro atoms. The number of nitrogens with zero attached hydrogens (tertiary/aromatic N) is 2. The van der Waals surface area contributed by atoms with Crippen molar-refractivity contribution in [1.82, 2.24) is 9.97 Å². The number of halogens is 1. The van der Waals surface area contributed by atoms with Gasteiger partial charge < -0.3 is 5.32 Å². The van der Waals surface area contributed by atoms with Gasteiger partial charge in [-0.3, -0.25) is 0 Å². The van der Waals surface area contributed by atoms with Crippen LogP contribution >= 0.6 is 22.6 Å². The predicted octanol–water partition coefficient (Wildman–Crippen LogP) is 1.52. The Morgan fingerprint density at radius 3 is 3.17 bits per heavy atom. The van der Waals surface area contributed by atoms with Crippen LogP contribution in [0, 0.1) is 15.9 Å². The largest absolute Gasteiger partial charge is 0.368 e. The highest BCUT2D eigenvalue weighted by atomic mass is 127. The Morgan fingerprint density at radius 1 is 1.67 bits per heavy atom. The van der Waals surface area contributed by atoms with E-state index in [0.717, 1.165) is 15.9 Å². The molecule has 0 fully saturated rings. The van der Waals surface area contributed by atoms with Crippen molar-refractivity contribution in [1.29, 1.82) is 0 Å². The van der Waals surface area contributed by atoms with Gasteiger partial charge in [0.05, 0.1) is 3.57 Å². The summed E-state index contributed by atoms with van der Waals surface area (Å²) in [5, 5.41) is 3.11. The third kappa shape index (κ3) is 2.66. The van der Waals surface area contributed by atoms with Crippen LogP contribution in [0.3, 0.4) is 0 Å². The highest BCUT2D eigenvalue weighted by Gasteiger charge is 1.97. The van der Waals surface area contributed by atoms with Crippen molar-refractivity contribution in [2.45, 2.75) is 6.42 Å². The highest BCUT2D eigenvalue weighted by molar-refractivity contribution is 14.1. The zero-order valence-electron chi connectivity index (χ0n) is 6.42. The molecule has 1 aromatic heterocycles. The first kappa shape index (κ1) is 9.26. The van der Waals surface area contributed by atoms with Crippen LogP contribution in [-0.4, -0.2) is 16.5 Å². The summed E-state index contributed by atoms with van der Waals surface area (Å²) in [6.07, 6.45) is 9.08. The number of terminal acetylenes is 1. The topological polar surface area (TPSA) is 37.8 Å². The zero-order chi connectivity index (χ0) is 8.81. The average Bonchev–Trinajstić information content (AvgIpc) is 2.09. The van der Waals surface area contributed by atoms with Gasteiger partial charge in [0.2, 0.25) is 0 Å². The van der Waals surface area contributed by atoms with Gasteiger partial charge >= 0.3 is 0 Å². The summed E-state index contributed by atoms with van der Waals surface area (Å²) in [6.45, 7) is 0.753. The van der Waals surface area contributed by atoms with Crippen molar-refractivity contribution < 1.29 is 0 Å². The molecule has 0 aliphatic rings. The second kappa shape index (κ2) is 4.93. The molecule has 0 bridgehead atoms. The fourth-order valence-corrected chi connectivity index (χ4v) is 1.19. The summed E-state index contributed by atoms with van der Waals surface area (Å²) in [5.74, 6) is 3.40. The number of hydrogen-bond acceptors (Lipinski definition) is 3. The van der Waals surface area contributed by atoms with Crippen LogP contribution in [0.1, 0.15) is 6.42 Å². The summed E-state index contributed by atoms with van der Waals surface area (Å²) in [4.78, 5) is 7.93. The molecule has 0 saturated carbocycles. The van der Waals surface area contributed by atoms with E-state index in [1.807, 2.05) is 0 Å². The van der Waals surface area contributed by atoms with Crippen molar-refractivity contribution in [3.8, 4) is 12.3 Å². The molecule has 0 atom stereocenters. The van der Waals surface area contributed by atoms with Gasteiger partial charge in [-0.25, -0.2) is 9.97 Å². The summed E-state index contributed by atoms with van der Waals surface area (Å²) in [6, 6.07) is 0. The third-order valence-corrected chi connectivity index (χ3v) is 2.02. The molecule has 1 heterocycles. The Labute approximate surface area is 85.1 Å². The quantitative estimate of drug-likeness (QED) is 0.515. The molecule has 12 heavy (non-hydrogen) atoms. The van der Waals surface area contributed by atoms with E-state index >= 15 is 0 Å². The first-order valence-electron chi connectivity index (χ1n) is 3.47. The lowest BCUT2D eigenvalue weighted by atomic mass is 10.4. The maximum atomic E-state index is 5.11. The molecule has 62 valence electrons. The molecule has 0 unspecified atom stereocenters. The number of hydrogen-bond donors (Lipinski definition) is 1. The van der Waals surface area contributed by atoms with E-state index in [2.05, 4.69) is 43.8 Å². The standard InChI is InChI=1S/C8H8IN3/c1-2-3-4-11-8-7(9)5-10-6-12-8/h1,5-6H,3-4H2,(H,10,11,12). The number of nitrogens with one attached hydrogen (secondary N) is 1. The molecule has 3 nitrogen and oxygen atoms in total. The number of aromatic nitrogens is 2. The van der Waals surface area contributed by atoms with E-state index in [9.17, 15) is 0 Å². The van der Waals surface area contributed by atoms with Crippen molar-refractivity contribution in [2.24, 2.45) is 0 Å². The lowest BCUT2D eigenvalue weighted by Gasteiger charge is -2.03. The predicted molar refractivity (Wildman–Crippen MR) is 56.7 cm³/mol. The van der Waals surface area contributed by atoms with Gasteiger partial charge in [0.25, 0.3) is 0 Å². The monoisotopic (exact) mass is 273 g/mol. The lowest BCUT2D eigenvalue weighted by molar-refractivity contribution is 1.05. The number of anilines is 1. The molecule has 1 rings (SSSR count). The van der Waals surface area contributed by atoms with Gasteiger partial charge in [-0.1, -0.05) is 0 Å². The minimum atomic E-state index is 0.708. The fourth-order valence-electron chi connectivity index (χ4n) is 0.696. The van der Waals surface area contributed by atoms with Crippen LogP contribution in [-0.2, 0) is 0 Å². The van der Waals surface area contributed by atoms with Gasteiger partial charge in [-0.05, 0) is 22.6 Å². The van der Waals surface area contributed by atoms with E-state index in [4.69, 9.17) is 6.42 Å². The van der Waals surface area contributed by atoms with Crippen molar-refractivity contribution in [2.75, 3.05) is 11.9 Å². The molecular weight excluding hydrogens is 265 g/mol. The first-order valence-corrected chi connectivity index (χ1v) is 4.55. The van der Waals surface area contributed by atoms with E-state index < -0.39 is 0 Å². The first-order chi connectivity index (χ1) is 5.84. The van der Waals surface area contributed by atoms with Gasteiger partial charge in [0, 0.05) is 19.2 Å². The van der Waals surface area contributed by atoms with E-state index in [0.29, 0.717) is 6.42 Å². The molecular formula is C8H8IN3. The Balaban J connectivity index is 2.53. The minimum absolute atomic E-state index is 0.708. The van der Waals surface area contributed by atoms with Crippen LogP contribution in [0.2, 0.25) is 0 Å². The van der Waals surface area contributed by atoms with E-state index in [1.54, 1.807) is 6.20 Å². The smallest absolute Gasteiger partial charge is 0.142 e. The molecule has 0 aliphatic heterocycles. The highest BCUT2D eigenvalue weighted by Crippen LogP contribution is 2.11. The molecule has 4 heteroatoms. The molecule has 1 N–H and O–H groups in total. The maximum Gasteiger partial charge on any atom is 0.142 e. The average molecular weight is 273 g/mol. The summed E-state index contributed by atoms with van der Waals surface area (Å²) in [7, 11) is 0. The van der Waals surface area contributed by atoms with Crippen LogP contribution in [0.5, 0.6) is 0 Å². The second-order valence-electron chi connectivity index (χ2n) is 2.10. The summed E-state index contributed by atoms with van der Waals surface area (Å²) < 4.78 is 1.01. The normalized spacial score (nSPS) is 9.00. The molecule has 0 saturated heterocycles. The lowest BCUT2D eigenvalue weighted by Crippen LogP contribution is -2.04. The summed E-state index contributed by atoms with van der Waals surface area (Å²) in [5.41, 5.74) is 0. The zero-order valence-corrected chi connectivity index (χ0v) is 8.58. The Morgan fingerprint density at radius 2 is 2.50 bits per heavy atom. The maximum absolute atomic E-state index is 5.11. The van der Waals surface area contributed by atoms with Crippen molar-refractivity contribution in [3.05, 3.63) is 16.1 Å². The van der Waals surface area contributed by atoms with Gasteiger partial charge in [-0.2, -0.15) is 0 Å². The van der Waals surface area contributed by atoms with Gasteiger partial charge in [-0.15, -0.1) is 12.3 Å². The van der Waals surface area contributed by atoms with Gasteiger partial charge in [0.1, 0.15) is 12.1 Å². The Kier molecular flexibility index (Phi) is 3.80. The van der Waals surface area contributed by atoms with E-state index in [-0.39, 0.29) is 0 Å². The van der Waals surface area contributed by atoms with Crippen molar-refractivity contribution >= 4 is 28.4 Å². The minimum Gasteiger partial charge on any atom is -0.368 e. The third-order valence-electron chi connectivity index (χ3n) is 1.23. The van der Waals surface area contributed by atoms with Crippen LogP contribution in [0.15, 0.2) is 12.5 Å². The molecule has 0 aromatic carbocycles. The van der Waals surface area contributed by atoms with Gasteiger partial charge in [0.15, 0.2) is 0 Å². The molecule has 0 amide bonds. The van der Waals surface area contributed by atoms with Crippen LogP contribution in [0.25, 0.3) is 0 Å². The molecule has 0 radical (unpaired) electrons. The van der Waals surface area contributed by atoms with Crippen LogP contribution in [0.4, 0.5) is 5.82 Å². The van der Waals surface area contributed by atoms with E-state index in [1.165, 1.54) is 6.33 Å². The number of rotatable bonds is 3. The Bertz CT molecular complexity index is 293. The van der Waals surface area contributed by atoms with Crippen LogP contribution < -0.4 is 5.32 Å².